The number of benzene rings is 1. The standard InChI is InChI=1S/C22H30N4O2/c1-3-26-19(15-17(2)23-26)21(27)25-14-11-22(28,18-9-5-4-6-10-18)20(16-25)24-12-7-8-13-24/h4-6,9-10,15,20,28H,3,7-8,11-14,16H2,1-2H3/t20-,22+/m1/s1. The maximum absolute atomic E-state index is 13.3. The van der Waals surface area contributed by atoms with Gasteiger partial charge >= 0.3 is 0 Å². The van der Waals surface area contributed by atoms with Crippen molar-refractivity contribution in [3.8, 4) is 0 Å². The molecule has 4 rings (SSSR count). The van der Waals surface area contributed by atoms with Gasteiger partial charge in [0.15, 0.2) is 0 Å². The molecule has 2 saturated heterocycles. The van der Waals surface area contributed by atoms with Crippen LogP contribution in [0.15, 0.2) is 36.4 Å². The Labute approximate surface area is 166 Å². The van der Waals surface area contributed by atoms with Gasteiger partial charge in [-0.15, -0.1) is 0 Å². The Morgan fingerprint density at radius 2 is 1.93 bits per heavy atom. The van der Waals surface area contributed by atoms with Gasteiger partial charge in [-0.2, -0.15) is 5.10 Å². The number of aliphatic hydroxyl groups is 1. The molecule has 1 aromatic carbocycles. The maximum Gasteiger partial charge on any atom is 0.272 e. The molecular formula is C22H30N4O2. The number of likely N-dealkylation sites (tertiary alicyclic amines) is 2. The minimum atomic E-state index is -0.927. The number of carbonyl (C=O) groups excluding carboxylic acids is 1. The second-order valence-electron chi connectivity index (χ2n) is 8.04. The Morgan fingerprint density at radius 3 is 2.61 bits per heavy atom. The van der Waals surface area contributed by atoms with Crippen molar-refractivity contribution in [2.24, 2.45) is 0 Å². The molecule has 2 fully saturated rings. The molecule has 0 bridgehead atoms. The molecule has 2 atom stereocenters. The minimum absolute atomic E-state index is 0.0155. The van der Waals surface area contributed by atoms with Crippen LogP contribution in [-0.2, 0) is 12.1 Å². The van der Waals surface area contributed by atoms with Crippen LogP contribution in [0.2, 0.25) is 0 Å². The van der Waals surface area contributed by atoms with E-state index in [1.165, 1.54) is 0 Å². The fourth-order valence-corrected chi connectivity index (χ4v) is 4.76. The van der Waals surface area contributed by atoms with Crippen LogP contribution in [0.1, 0.15) is 47.9 Å². The molecule has 150 valence electrons. The van der Waals surface area contributed by atoms with Gasteiger partial charge in [0.25, 0.3) is 5.91 Å². The monoisotopic (exact) mass is 382 g/mol. The summed E-state index contributed by atoms with van der Waals surface area (Å²) in [4.78, 5) is 17.5. The Hall–Kier alpha value is -2.18. The molecule has 1 N–H and O–H groups in total. The van der Waals surface area contributed by atoms with Gasteiger partial charge in [0, 0.05) is 19.6 Å². The number of piperidine rings is 1. The number of carbonyl (C=O) groups is 1. The summed E-state index contributed by atoms with van der Waals surface area (Å²) in [6.07, 6.45) is 2.84. The summed E-state index contributed by atoms with van der Waals surface area (Å²) in [5.74, 6) is 0.0155. The first-order valence-corrected chi connectivity index (χ1v) is 10.4. The van der Waals surface area contributed by atoms with E-state index in [1.807, 2.05) is 55.1 Å². The summed E-state index contributed by atoms with van der Waals surface area (Å²) in [6, 6.07) is 11.7. The third-order valence-electron chi connectivity index (χ3n) is 6.27. The Kier molecular flexibility index (Phi) is 5.25. The third kappa shape index (κ3) is 3.35. The number of amides is 1. The Bertz CT molecular complexity index is 828. The lowest BCUT2D eigenvalue weighted by molar-refractivity contribution is -0.0879. The highest BCUT2D eigenvalue weighted by Crippen LogP contribution is 2.37. The molecule has 6 nitrogen and oxygen atoms in total. The van der Waals surface area contributed by atoms with E-state index in [0.29, 0.717) is 31.7 Å². The molecule has 1 aromatic heterocycles. The first-order chi connectivity index (χ1) is 13.5. The second kappa shape index (κ2) is 7.68. The van der Waals surface area contributed by atoms with Gasteiger partial charge < -0.3 is 10.0 Å². The van der Waals surface area contributed by atoms with Crippen LogP contribution in [-0.4, -0.2) is 62.8 Å². The van der Waals surface area contributed by atoms with Crippen molar-refractivity contribution >= 4 is 5.91 Å². The highest BCUT2D eigenvalue weighted by molar-refractivity contribution is 5.92. The van der Waals surface area contributed by atoms with Gasteiger partial charge in [-0.1, -0.05) is 30.3 Å². The average molecular weight is 383 g/mol. The largest absolute Gasteiger partial charge is 0.383 e. The lowest BCUT2D eigenvalue weighted by Crippen LogP contribution is -2.61. The quantitative estimate of drug-likeness (QED) is 0.882. The summed E-state index contributed by atoms with van der Waals surface area (Å²) in [6.45, 7) is 7.63. The molecule has 0 unspecified atom stereocenters. The lowest BCUT2D eigenvalue weighted by Gasteiger charge is -2.48. The van der Waals surface area contributed by atoms with Crippen molar-refractivity contribution in [3.05, 3.63) is 53.3 Å². The van der Waals surface area contributed by atoms with Crippen LogP contribution in [0.25, 0.3) is 0 Å². The predicted molar refractivity (Wildman–Crippen MR) is 108 cm³/mol. The zero-order valence-corrected chi connectivity index (χ0v) is 16.8. The molecule has 0 saturated carbocycles. The SMILES string of the molecule is CCn1nc(C)cc1C(=O)N1CC[C@](O)(c2ccccc2)[C@H](N2CCCC2)C1. The number of hydrogen-bond donors (Lipinski definition) is 1. The fraction of sp³-hybridized carbons (Fsp3) is 0.545. The zero-order chi connectivity index (χ0) is 19.7. The van der Waals surface area contributed by atoms with E-state index in [0.717, 1.165) is 37.2 Å². The predicted octanol–water partition coefficient (Wildman–Crippen LogP) is 2.41. The molecule has 28 heavy (non-hydrogen) atoms. The summed E-state index contributed by atoms with van der Waals surface area (Å²) < 4.78 is 1.78. The van der Waals surface area contributed by atoms with Gasteiger partial charge in [0.2, 0.25) is 0 Å². The topological polar surface area (TPSA) is 61.6 Å². The molecule has 2 aromatic rings. The van der Waals surface area contributed by atoms with Gasteiger partial charge in [0.05, 0.1) is 11.7 Å². The zero-order valence-electron chi connectivity index (χ0n) is 16.8. The van der Waals surface area contributed by atoms with Crippen molar-refractivity contribution in [1.82, 2.24) is 19.6 Å². The highest BCUT2D eigenvalue weighted by Gasteiger charge is 2.47. The van der Waals surface area contributed by atoms with E-state index in [9.17, 15) is 9.90 Å². The summed E-state index contributed by atoms with van der Waals surface area (Å²) in [5, 5.41) is 16.2. The second-order valence-corrected chi connectivity index (χ2v) is 8.04. The van der Waals surface area contributed by atoms with Crippen molar-refractivity contribution in [2.75, 3.05) is 26.2 Å². The first-order valence-electron chi connectivity index (χ1n) is 10.4. The molecule has 1 amide bonds. The number of aromatic nitrogens is 2. The van der Waals surface area contributed by atoms with Crippen LogP contribution < -0.4 is 0 Å². The maximum atomic E-state index is 13.3. The molecule has 2 aliphatic rings. The third-order valence-corrected chi connectivity index (χ3v) is 6.27. The summed E-state index contributed by atoms with van der Waals surface area (Å²) in [7, 11) is 0. The highest BCUT2D eigenvalue weighted by atomic mass is 16.3. The Morgan fingerprint density at radius 1 is 1.21 bits per heavy atom. The van der Waals surface area contributed by atoms with E-state index < -0.39 is 5.60 Å². The average Bonchev–Trinajstić information content (AvgIpc) is 3.38. The van der Waals surface area contributed by atoms with Gasteiger partial charge in [-0.05, 0) is 57.8 Å². The molecule has 6 heteroatoms. The van der Waals surface area contributed by atoms with Crippen LogP contribution in [0, 0.1) is 6.92 Å². The summed E-state index contributed by atoms with van der Waals surface area (Å²) in [5.41, 5.74) is 1.53. The van der Waals surface area contributed by atoms with Crippen LogP contribution in [0.4, 0.5) is 0 Å². The minimum Gasteiger partial charge on any atom is -0.383 e. The lowest BCUT2D eigenvalue weighted by atomic mass is 9.79. The van der Waals surface area contributed by atoms with Crippen molar-refractivity contribution in [1.29, 1.82) is 0 Å². The molecular weight excluding hydrogens is 352 g/mol. The molecule has 2 aliphatic heterocycles. The van der Waals surface area contributed by atoms with E-state index in [2.05, 4.69) is 10.00 Å². The first kappa shape index (κ1) is 19.2. The van der Waals surface area contributed by atoms with Crippen molar-refractivity contribution in [3.63, 3.8) is 0 Å². The fourth-order valence-electron chi connectivity index (χ4n) is 4.76. The summed E-state index contributed by atoms with van der Waals surface area (Å²) >= 11 is 0. The van der Waals surface area contributed by atoms with E-state index in [4.69, 9.17) is 0 Å². The van der Waals surface area contributed by atoms with Crippen LogP contribution >= 0.6 is 0 Å². The molecule has 0 radical (unpaired) electrons. The smallest absolute Gasteiger partial charge is 0.272 e. The molecule has 0 spiro atoms. The molecule has 3 heterocycles. The number of aryl methyl sites for hydroxylation is 2. The Balaban J connectivity index is 1.63. The van der Waals surface area contributed by atoms with Crippen LogP contribution in [0.3, 0.4) is 0 Å². The molecule has 0 aliphatic carbocycles. The van der Waals surface area contributed by atoms with E-state index in [-0.39, 0.29) is 11.9 Å². The van der Waals surface area contributed by atoms with Gasteiger partial charge in [-0.3, -0.25) is 14.4 Å². The van der Waals surface area contributed by atoms with E-state index in [1.54, 1.807) is 4.68 Å². The van der Waals surface area contributed by atoms with Gasteiger partial charge in [0.1, 0.15) is 11.3 Å². The normalized spacial score (nSPS) is 26.0. The van der Waals surface area contributed by atoms with Crippen molar-refractivity contribution in [2.45, 2.75) is 51.3 Å². The number of hydrogen-bond acceptors (Lipinski definition) is 4. The van der Waals surface area contributed by atoms with Gasteiger partial charge in [-0.25, -0.2) is 0 Å². The number of rotatable bonds is 4. The van der Waals surface area contributed by atoms with E-state index >= 15 is 0 Å². The van der Waals surface area contributed by atoms with Crippen molar-refractivity contribution < 1.29 is 9.90 Å². The number of nitrogens with zero attached hydrogens (tertiary/aromatic N) is 4. The van der Waals surface area contributed by atoms with Crippen LogP contribution in [0.5, 0.6) is 0 Å².